The average molecular weight is 389 g/mol. The van der Waals surface area contributed by atoms with Crippen molar-refractivity contribution in [3.63, 3.8) is 0 Å². The smallest absolute Gasteiger partial charge is 0.270 e. The quantitative estimate of drug-likeness (QED) is 0.580. The number of rotatable bonds is 5. The van der Waals surface area contributed by atoms with Crippen LogP contribution in [0, 0.1) is 10.1 Å². The maximum Gasteiger partial charge on any atom is 0.270 e. The fourth-order valence-corrected chi connectivity index (χ4v) is 5.16. The summed E-state index contributed by atoms with van der Waals surface area (Å²) in [5.41, 5.74) is 0.964. The van der Waals surface area contributed by atoms with Gasteiger partial charge in [-0.2, -0.15) is 4.31 Å². The minimum atomic E-state index is -3.78. The summed E-state index contributed by atoms with van der Waals surface area (Å²) in [7, 11) is -3.78. The molecule has 1 aliphatic rings. The molecule has 2 unspecified atom stereocenters. The van der Waals surface area contributed by atoms with E-state index in [2.05, 4.69) is 17.0 Å². The van der Waals surface area contributed by atoms with Crippen LogP contribution in [0.25, 0.3) is 0 Å². The minimum Gasteiger partial charge on any atom is -0.291 e. The largest absolute Gasteiger partial charge is 0.291 e. The maximum atomic E-state index is 13.0. The number of hydrogen-bond acceptors (Lipinski definition) is 5. The first-order chi connectivity index (χ1) is 12.8. The zero-order valence-corrected chi connectivity index (χ0v) is 16.2. The number of nitro benzene ring substituents is 1. The van der Waals surface area contributed by atoms with E-state index in [0.29, 0.717) is 13.1 Å². The van der Waals surface area contributed by atoms with Gasteiger partial charge in [-0.3, -0.25) is 15.0 Å². The molecule has 144 valence electrons. The highest BCUT2D eigenvalue weighted by molar-refractivity contribution is 7.89. The van der Waals surface area contributed by atoms with Crippen LogP contribution in [-0.4, -0.2) is 47.7 Å². The van der Waals surface area contributed by atoms with Crippen LogP contribution in [0.2, 0.25) is 0 Å². The van der Waals surface area contributed by atoms with Crippen molar-refractivity contribution in [1.82, 2.24) is 9.21 Å². The van der Waals surface area contributed by atoms with Crippen molar-refractivity contribution >= 4 is 15.7 Å². The highest BCUT2D eigenvalue weighted by Gasteiger charge is 2.36. The summed E-state index contributed by atoms with van der Waals surface area (Å²) >= 11 is 0. The Morgan fingerprint density at radius 3 is 2.26 bits per heavy atom. The number of hydrogen-bond donors (Lipinski definition) is 0. The van der Waals surface area contributed by atoms with E-state index < -0.39 is 14.9 Å². The molecule has 0 spiro atoms. The molecule has 1 heterocycles. The van der Waals surface area contributed by atoms with E-state index in [1.165, 1.54) is 28.1 Å². The molecule has 8 heteroatoms. The number of piperazine rings is 1. The van der Waals surface area contributed by atoms with Crippen molar-refractivity contribution < 1.29 is 13.3 Å². The van der Waals surface area contributed by atoms with Crippen LogP contribution >= 0.6 is 0 Å². The van der Waals surface area contributed by atoms with Crippen LogP contribution in [0.4, 0.5) is 5.69 Å². The van der Waals surface area contributed by atoms with Gasteiger partial charge in [-0.15, -0.1) is 0 Å². The molecule has 2 aromatic rings. The van der Waals surface area contributed by atoms with Crippen LogP contribution < -0.4 is 0 Å². The first-order valence-electron chi connectivity index (χ1n) is 8.83. The molecule has 2 atom stereocenters. The normalized spacial score (nSPS) is 21.9. The molecule has 0 amide bonds. The molecule has 3 rings (SSSR count). The summed E-state index contributed by atoms with van der Waals surface area (Å²) in [6, 6.07) is 15.4. The van der Waals surface area contributed by atoms with Crippen molar-refractivity contribution in [1.29, 1.82) is 0 Å². The van der Waals surface area contributed by atoms with Crippen LogP contribution in [0.1, 0.15) is 19.4 Å². The second kappa shape index (κ2) is 7.75. The Labute approximate surface area is 159 Å². The fraction of sp³-hybridized carbons (Fsp3) is 0.368. The molecule has 0 bridgehead atoms. The number of benzene rings is 2. The summed E-state index contributed by atoms with van der Waals surface area (Å²) in [5, 5.41) is 11.0. The van der Waals surface area contributed by atoms with Crippen molar-refractivity contribution in [2.24, 2.45) is 0 Å². The average Bonchev–Trinajstić information content (AvgIpc) is 2.65. The van der Waals surface area contributed by atoms with Gasteiger partial charge in [-0.1, -0.05) is 36.4 Å². The second-order valence-electron chi connectivity index (χ2n) is 6.93. The summed E-state index contributed by atoms with van der Waals surface area (Å²) in [5.74, 6) is 0. The molecule has 1 aliphatic heterocycles. The van der Waals surface area contributed by atoms with Crippen LogP contribution in [-0.2, 0) is 16.6 Å². The van der Waals surface area contributed by atoms with Crippen LogP contribution in [0.15, 0.2) is 59.5 Å². The number of non-ortho nitro benzene ring substituents is 1. The van der Waals surface area contributed by atoms with Crippen LogP contribution in [0.5, 0.6) is 0 Å². The second-order valence-corrected chi connectivity index (χ2v) is 8.87. The van der Waals surface area contributed by atoms with E-state index in [0.717, 1.165) is 12.6 Å². The molecule has 2 aromatic carbocycles. The number of sulfonamides is 1. The lowest BCUT2D eigenvalue weighted by Gasteiger charge is -2.43. The molecule has 0 N–H and O–H groups in total. The van der Waals surface area contributed by atoms with Crippen molar-refractivity contribution in [2.75, 3.05) is 13.1 Å². The highest BCUT2D eigenvalue weighted by atomic mass is 32.2. The Hall–Kier alpha value is -2.29. The molecular weight excluding hydrogens is 366 g/mol. The maximum absolute atomic E-state index is 13.0. The Morgan fingerprint density at radius 2 is 1.67 bits per heavy atom. The highest BCUT2D eigenvalue weighted by Crippen LogP contribution is 2.26. The third-order valence-corrected chi connectivity index (χ3v) is 6.77. The topological polar surface area (TPSA) is 83.8 Å². The Kier molecular flexibility index (Phi) is 5.59. The monoisotopic (exact) mass is 389 g/mol. The van der Waals surface area contributed by atoms with Gasteiger partial charge in [-0.05, 0) is 25.5 Å². The van der Waals surface area contributed by atoms with Gasteiger partial charge in [0.05, 0.1) is 9.82 Å². The van der Waals surface area contributed by atoms with Gasteiger partial charge < -0.3 is 0 Å². The zero-order chi connectivity index (χ0) is 19.6. The summed E-state index contributed by atoms with van der Waals surface area (Å²) in [6.07, 6.45) is 0. The van der Waals surface area contributed by atoms with Crippen molar-refractivity contribution in [2.45, 2.75) is 37.4 Å². The molecule has 7 nitrogen and oxygen atoms in total. The van der Waals surface area contributed by atoms with Crippen LogP contribution in [0.3, 0.4) is 0 Å². The fourth-order valence-electron chi connectivity index (χ4n) is 3.52. The third-order valence-electron chi connectivity index (χ3n) is 4.94. The predicted molar refractivity (Wildman–Crippen MR) is 103 cm³/mol. The zero-order valence-electron chi connectivity index (χ0n) is 15.4. The first-order valence-corrected chi connectivity index (χ1v) is 10.3. The van der Waals surface area contributed by atoms with E-state index in [9.17, 15) is 18.5 Å². The van der Waals surface area contributed by atoms with Crippen molar-refractivity contribution in [3.05, 3.63) is 70.3 Å². The standard InChI is InChI=1S/C19H23N3O4S/c1-15-12-20(13-16(2)21(15)14-17-7-4-3-5-8-17)27(25,26)19-10-6-9-18(11-19)22(23)24/h3-11,15-16H,12-14H2,1-2H3. The molecule has 0 radical (unpaired) electrons. The molecule has 1 fully saturated rings. The van der Waals surface area contributed by atoms with E-state index in [1.807, 2.05) is 32.0 Å². The van der Waals surface area contributed by atoms with Gasteiger partial charge in [0.1, 0.15) is 0 Å². The molecule has 0 aromatic heterocycles. The SMILES string of the molecule is CC1CN(S(=O)(=O)c2cccc([N+](=O)[O-])c2)CC(C)N1Cc1ccccc1. The van der Waals surface area contributed by atoms with E-state index in [4.69, 9.17) is 0 Å². The Balaban J connectivity index is 1.79. The summed E-state index contributed by atoms with van der Waals surface area (Å²) in [4.78, 5) is 12.6. The molecule has 0 saturated carbocycles. The first kappa shape index (κ1) is 19.5. The van der Waals surface area contributed by atoms with E-state index in [-0.39, 0.29) is 22.7 Å². The van der Waals surface area contributed by atoms with Gasteiger partial charge in [0, 0.05) is 43.9 Å². The van der Waals surface area contributed by atoms with E-state index in [1.54, 1.807) is 0 Å². The van der Waals surface area contributed by atoms with Crippen molar-refractivity contribution in [3.8, 4) is 0 Å². The minimum absolute atomic E-state index is 0.0300. The van der Waals surface area contributed by atoms with Gasteiger partial charge in [-0.25, -0.2) is 8.42 Å². The summed E-state index contributed by atoms with van der Waals surface area (Å²) < 4.78 is 27.4. The Bertz CT molecular complexity index is 906. The van der Waals surface area contributed by atoms with Gasteiger partial charge >= 0.3 is 0 Å². The molecular formula is C19H23N3O4S. The Morgan fingerprint density at radius 1 is 1.04 bits per heavy atom. The lowest BCUT2D eigenvalue weighted by atomic mass is 10.1. The molecule has 1 saturated heterocycles. The number of nitro groups is 1. The lowest BCUT2D eigenvalue weighted by Crippen LogP contribution is -2.57. The number of nitrogens with zero attached hydrogens (tertiary/aromatic N) is 3. The third kappa shape index (κ3) is 4.18. The lowest BCUT2D eigenvalue weighted by molar-refractivity contribution is -0.385. The predicted octanol–water partition coefficient (Wildman–Crippen LogP) is 2.88. The van der Waals surface area contributed by atoms with Gasteiger partial charge in [0.25, 0.3) is 5.69 Å². The molecule has 0 aliphatic carbocycles. The van der Waals surface area contributed by atoms with Gasteiger partial charge in [0.2, 0.25) is 10.0 Å². The van der Waals surface area contributed by atoms with Gasteiger partial charge in [0.15, 0.2) is 0 Å². The van der Waals surface area contributed by atoms with E-state index >= 15 is 0 Å². The molecule has 27 heavy (non-hydrogen) atoms. The summed E-state index contributed by atoms with van der Waals surface area (Å²) in [6.45, 7) is 5.47.